The molecule has 2 unspecified atom stereocenters. The maximum Gasteiger partial charge on any atom is 0.422 e. The molecule has 0 aliphatic carbocycles. The number of alkyl halides is 6. The van der Waals surface area contributed by atoms with Gasteiger partial charge >= 0.3 is 12.4 Å². The summed E-state index contributed by atoms with van der Waals surface area (Å²) in [4.78, 5) is 12.5. The molecule has 1 aliphatic heterocycles. The maximum atomic E-state index is 12.5. The molecule has 0 bridgehead atoms. The van der Waals surface area contributed by atoms with Crippen LogP contribution in [0.5, 0.6) is 11.5 Å². The first-order valence-corrected chi connectivity index (χ1v) is 8.97. The molecule has 1 aromatic rings. The third kappa shape index (κ3) is 8.38. The number of carbonyl (C=O) groups excluding carboxylic acids is 1. The van der Waals surface area contributed by atoms with Gasteiger partial charge in [0.15, 0.2) is 13.2 Å². The van der Waals surface area contributed by atoms with E-state index in [2.05, 4.69) is 27.0 Å². The van der Waals surface area contributed by atoms with Crippen LogP contribution in [0, 0.1) is 5.92 Å². The largest absolute Gasteiger partial charge is 0.484 e. The highest BCUT2D eigenvalue weighted by Gasteiger charge is 2.31. The van der Waals surface area contributed by atoms with Gasteiger partial charge in [0.25, 0.3) is 5.91 Å². The van der Waals surface area contributed by atoms with Gasteiger partial charge in [0.1, 0.15) is 11.5 Å². The Morgan fingerprint density at radius 1 is 1.14 bits per heavy atom. The first kappa shape index (κ1) is 23.1. The molecule has 0 aromatic heterocycles. The van der Waals surface area contributed by atoms with Crippen molar-refractivity contribution in [3.63, 3.8) is 0 Å². The van der Waals surface area contributed by atoms with Crippen LogP contribution in [0.2, 0.25) is 0 Å². The summed E-state index contributed by atoms with van der Waals surface area (Å²) in [5.74, 6) is -1.01. The lowest BCUT2D eigenvalue weighted by atomic mass is 9.94. The van der Waals surface area contributed by atoms with Gasteiger partial charge in [-0.25, -0.2) is 0 Å². The minimum absolute atomic E-state index is 0.00749. The van der Waals surface area contributed by atoms with Crippen molar-refractivity contribution in [3.8, 4) is 11.5 Å². The highest BCUT2D eigenvalue weighted by atomic mass is 19.4. The molecule has 11 heteroatoms. The van der Waals surface area contributed by atoms with Crippen molar-refractivity contribution in [2.75, 3.05) is 26.3 Å². The van der Waals surface area contributed by atoms with Gasteiger partial charge in [0.05, 0.1) is 5.56 Å². The summed E-state index contributed by atoms with van der Waals surface area (Å²) in [7, 11) is 0. The van der Waals surface area contributed by atoms with E-state index in [0.29, 0.717) is 5.92 Å². The zero-order valence-electron chi connectivity index (χ0n) is 15.6. The summed E-state index contributed by atoms with van der Waals surface area (Å²) in [6.45, 7) is -0.170. The minimum Gasteiger partial charge on any atom is -0.484 e. The van der Waals surface area contributed by atoms with Crippen LogP contribution in [0.25, 0.3) is 0 Å². The van der Waals surface area contributed by atoms with E-state index in [4.69, 9.17) is 0 Å². The van der Waals surface area contributed by atoms with Crippen molar-refractivity contribution in [1.82, 2.24) is 10.6 Å². The van der Waals surface area contributed by atoms with Gasteiger partial charge in [-0.3, -0.25) is 4.79 Å². The Balaban J connectivity index is 2.11. The van der Waals surface area contributed by atoms with Crippen LogP contribution in [0.15, 0.2) is 18.2 Å². The summed E-state index contributed by atoms with van der Waals surface area (Å²) < 4.78 is 83.6. The van der Waals surface area contributed by atoms with E-state index >= 15 is 0 Å². The molecule has 1 aromatic carbocycles. The molecule has 5 nitrogen and oxygen atoms in total. The minimum atomic E-state index is -4.64. The molecule has 2 atom stereocenters. The monoisotopic (exact) mass is 428 g/mol. The van der Waals surface area contributed by atoms with Gasteiger partial charge in [-0.05, 0) is 43.5 Å². The highest BCUT2D eigenvalue weighted by Crippen LogP contribution is 2.28. The molecule has 164 valence electrons. The molecule has 0 radical (unpaired) electrons. The SMILES string of the molecule is CC1CCNC(CNC(=O)c2cc(OCC(F)(F)F)ccc2OCC(F)(F)F)C1. The van der Waals surface area contributed by atoms with E-state index < -0.39 is 37.2 Å². The molecule has 0 spiro atoms. The van der Waals surface area contributed by atoms with Crippen molar-refractivity contribution < 1.29 is 40.6 Å². The van der Waals surface area contributed by atoms with Crippen molar-refractivity contribution in [1.29, 1.82) is 0 Å². The number of benzene rings is 1. The lowest BCUT2D eigenvalue weighted by molar-refractivity contribution is -0.154. The summed E-state index contributed by atoms with van der Waals surface area (Å²) in [5.41, 5.74) is -0.335. The number of piperidine rings is 1. The van der Waals surface area contributed by atoms with Crippen molar-refractivity contribution in [2.24, 2.45) is 5.92 Å². The first-order valence-electron chi connectivity index (χ1n) is 8.97. The predicted octanol–water partition coefficient (Wildman–Crippen LogP) is 3.69. The molecule has 1 fully saturated rings. The Bertz CT molecular complexity index is 693. The Labute approximate surface area is 163 Å². The number of hydrogen-bond donors (Lipinski definition) is 2. The van der Waals surface area contributed by atoms with Crippen LogP contribution in [0.1, 0.15) is 30.1 Å². The van der Waals surface area contributed by atoms with E-state index in [1.54, 1.807) is 0 Å². The van der Waals surface area contributed by atoms with Crippen LogP contribution in [0.4, 0.5) is 26.3 Å². The summed E-state index contributed by atoms with van der Waals surface area (Å²) in [6, 6.07) is 2.92. The standard InChI is InChI=1S/C18H22F6N2O3/c1-11-4-5-25-12(6-11)8-26-16(27)14-7-13(28-9-17(19,20)21)2-3-15(14)29-10-18(22,23)24/h2-3,7,11-12,25H,4-6,8-10H2,1H3,(H,26,27). The van der Waals surface area contributed by atoms with E-state index in [1.807, 2.05) is 0 Å². The van der Waals surface area contributed by atoms with E-state index in [9.17, 15) is 31.1 Å². The Hall–Kier alpha value is -2.17. The van der Waals surface area contributed by atoms with Crippen LogP contribution >= 0.6 is 0 Å². The van der Waals surface area contributed by atoms with E-state index in [0.717, 1.165) is 37.6 Å². The normalized spacial score (nSPS) is 20.2. The lowest BCUT2D eigenvalue weighted by Crippen LogP contribution is -2.45. The molecule has 2 N–H and O–H groups in total. The molecular weight excluding hydrogens is 406 g/mol. The molecular formula is C18H22F6N2O3. The molecule has 0 saturated carbocycles. The van der Waals surface area contributed by atoms with Crippen LogP contribution in [-0.2, 0) is 0 Å². The number of hydrogen-bond acceptors (Lipinski definition) is 4. The van der Waals surface area contributed by atoms with Crippen molar-refractivity contribution in [3.05, 3.63) is 23.8 Å². The Morgan fingerprint density at radius 3 is 2.41 bits per heavy atom. The molecule has 2 rings (SSSR count). The van der Waals surface area contributed by atoms with Gasteiger partial charge in [-0.15, -0.1) is 0 Å². The molecule has 1 amide bonds. The van der Waals surface area contributed by atoms with Crippen molar-refractivity contribution in [2.45, 2.75) is 38.2 Å². The number of carbonyl (C=O) groups is 1. The second kappa shape index (κ2) is 9.55. The van der Waals surface area contributed by atoms with Gasteiger partial charge in [0.2, 0.25) is 0 Å². The zero-order valence-corrected chi connectivity index (χ0v) is 15.6. The topological polar surface area (TPSA) is 59.6 Å². The fraction of sp³-hybridized carbons (Fsp3) is 0.611. The molecule has 1 heterocycles. The van der Waals surface area contributed by atoms with Crippen LogP contribution in [0.3, 0.4) is 0 Å². The third-order valence-corrected chi connectivity index (χ3v) is 4.26. The molecule has 1 aliphatic rings. The third-order valence-electron chi connectivity index (χ3n) is 4.26. The average molecular weight is 428 g/mol. The Morgan fingerprint density at radius 2 is 1.79 bits per heavy atom. The highest BCUT2D eigenvalue weighted by molar-refractivity contribution is 5.97. The summed E-state index contributed by atoms with van der Waals surface area (Å²) in [6.07, 6.45) is -7.43. The quantitative estimate of drug-likeness (QED) is 0.651. The van der Waals surface area contributed by atoms with Gasteiger partial charge in [-0.1, -0.05) is 6.92 Å². The van der Waals surface area contributed by atoms with E-state index in [1.165, 1.54) is 0 Å². The zero-order chi connectivity index (χ0) is 21.7. The smallest absolute Gasteiger partial charge is 0.422 e. The second-order valence-corrected chi connectivity index (χ2v) is 6.96. The van der Waals surface area contributed by atoms with Crippen molar-refractivity contribution >= 4 is 5.91 Å². The van der Waals surface area contributed by atoms with E-state index in [-0.39, 0.29) is 23.9 Å². The van der Waals surface area contributed by atoms with Gasteiger partial charge in [-0.2, -0.15) is 26.3 Å². The Kier molecular flexibility index (Phi) is 7.61. The number of rotatable bonds is 7. The fourth-order valence-electron chi connectivity index (χ4n) is 2.91. The predicted molar refractivity (Wildman–Crippen MR) is 92.1 cm³/mol. The average Bonchev–Trinajstić information content (AvgIpc) is 2.62. The number of amides is 1. The number of nitrogens with one attached hydrogen (secondary N) is 2. The number of halogens is 6. The first-order chi connectivity index (χ1) is 13.4. The number of ether oxygens (including phenoxy) is 2. The summed E-state index contributed by atoms with van der Waals surface area (Å²) in [5, 5.41) is 5.81. The molecule has 29 heavy (non-hydrogen) atoms. The molecule has 1 saturated heterocycles. The van der Waals surface area contributed by atoms with Crippen LogP contribution < -0.4 is 20.1 Å². The summed E-state index contributed by atoms with van der Waals surface area (Å²) >= 11 is 0. The van der Waals surface area contributed by atoms with Gasteiger partial charge in [0, 0.05) is 12.6 Å². The fourth-order valence-corrected chi connectivity index (χ4v) is 2.91. The van der Waals surface area contributed by atoms with Crippen LogP contribution in [-0.4, -0.2) is 50.6 Å². The van der Waals surface area contributed by atoms with Gasteiger partial charge < -0.3 is 20.1 Å². The lowest BCUT2D eigenvalue weighted by Gasteiger charge is -2.28. The second-order valence-electron chi connectivity index (χ2n) is 6.96. The maximum absolute atomic E-state index is 12.5.